The van der Waals surface area contributed by atoms with Crippen LogP contribution in [0, 0.1) is 6.92 Å². The number of aromatic amines is 1. The van der Waals surface area contributed by atoms with Gasteiger partial charge in [0.15, 0.2) is 5.82 Å². The van der Waals surface area contributed by atoms with Gasteiger partial charge < -0.3 is 19.9 Å². The van der Waals surface area contributed by atoms with Crippen molar-refractivity contribution in [1.82, 2.24) is 20.3 Å². The molecule has 3 aliphatic heterocycles. The summed E-state index contributed by atoms with van der Waals surface area (Å²) >= 11 is 0. The van der Waals surface area contributed by atoms with Crippen molar-refractivity contribution in [3.63, 3.8) is 0 Å². The van der Waals surface area contributed by atoms with Crippen molar-refractivity contribution in [3.05, 3.63) is 53.4 Å². The Labute approximate surface area is 174 Å². The number of nitrogens with zero attached hydrogens (tertiary/aromatic N) is 3. The molecule has 30 heavy (non-hydrogen) atoms. The highest BCUT2D eigenvalue weighted by molar-refractivity contribution is 6.00. The number of aromatic nitrogens is 3. The van der Waals surface area contributed by atoms with Gasteiger partial charge in [-0.3, -0.25) is 4.79 Å². The second kappa shape index (κ2) is 6.67. The molecular formula is C23H23N5O2. The lowest BCUT2D eigenvalue weighted by molar-refractivity contribution is 0.0940. The first kappa shape index (κ1) is 17.7. The monoisotopic (exact) mass is 401 g/mol. The average Bonchev–Trinajstić information content (AvgIpc) is 3.21. The van der Waals surface area contributed by atoms with Gasteiger partial charge in [0, 0.05) is 36.0 Å². The summed E-state index contributed by atoms with van der Waals surface area (Å²) in [5.41, 5.74) is 6.25. The molecule has 1 saturated heterocycles. The molecule has 2 atom stereocenters. The molecule has 0 aliphatic carbocycles. The van der Waals surface area contributed by atoms with Gasteiger partial charge in [0.05, 0.1) is 36.0 Å². The van der Waals surface area contributed by atoms with E-state index >= 15 is 0 Å². The molecule has 7 nitrogen and oxygen atoms in total. The minimum Gasteiger partial charge on any atom is -0.377 e. The van der Waals surface area contributed by atoms with Crippen LogP contribution in [0.3, 0.4) is 0 Å². The molecule has 1 fully saturated rings. The van der Waals surface area contributed by atoms with Gasteiger partial charge >= 0.3 is 0 Å². The average molecular weight is 401 g/mol. The molecule has 2 aromatic heterocycles. The molecule has 0 unspecified atom stereocenters. The number of carbonyl (C=O) groups is 1. The van der Waals surface area contributed by atoms with E-state index in [1.165, 1.54) is 0 Å². The maximum atomic E-state index is 12.5. The highest BCUT2D eigenvalue weighted by atomic mass is 16.5. The van der Waals surface area contributed by atoms with Gasteiger partial charge in [0.25, 0.3) is 5.91 Å². The van der Waals surface area contributed by atoms with E-state index in [2.05, 4.69) is 33.4 Å². The number of anilines is 1. The number of carbonyl (C=O) groups excluding carboxylic acids is 1. The fourth-order valence-electron chi connectivity index (χ4n) is 4.83. The van der Waals surface area contributed by atoms with Crippen LogP contribution in [-0.2, 0) is 4.74 Å². The molecule has 4 bridgehead atoms. The smallest absolute Gasteiger partial charge is 0.253 e. The van der Waals surface area contributed by atoms with Crippen LogP contribution < -0.4 is 10.2 Å². The topological polar surface area (TPSA) is 83.1 Å². The molecule has 3 aromatic rings. The quantitative estimate of drug-likeness (QED) is 0.566. The van der Waals surface area contributed by atoms with Crippen molar-refractivity contribution in [2.75, 3.05) is 31.2 Å². The van der Waals surface area contributed by atoms with E-state index in [0.717, 1.165) is 58.0 Å². The number of ether oxygens (including phenoxy) is 1. The van der Waals surface area contributed by atoms with Crippen molar-refractivity contribution in [1.29, 1.82) is 0 Å². The number of nitrogens with one attached hydrogen (secondary N) is 2. The van der Waals surface area contributed by atoms with E-state index in [1.807, 2.05) is 25.1 Å². The van der Waals surface area contributed by atoms with E-state index in [9.17, 15) is 4.79 Å². The van der Waals surface area contributed by atoms with Crippen LogP contribution in [0.15, 0.2) is 36.4 Å². The minimum absolute atomic E-state index is 0.0190. The minimum atomic E-state index is -0.0190. The van der Waals surface area contributed by atoms with Crippen molar-refractivity contribution >= 4 is 22.8 Å². The number of benzene rings is 1. The fraction of sp³-hybridized carbons (Fsp3) is 0.348. The number of amides is 1. The summed E-state index contributed by atoms with van der Waals surface area (Å²) in [6.45, 7) is 4.76. The number of fused-ring (bicyclic) bond motifs is 5. The molecule has 2 N–H and O–H groups in total. The van der Waals surface area contributed by atoms with Crippen molar-refractivity contribution in [2.24, 2.45) is 0 Å². The highest BCUT2D eigenvalue weighted by Crippen LogP contribution is 2.35. The zero-order chi connectivity index (χ0) is 20.2. The number of H-pyrrole nitrogens is 1. The number of aryl methyl sites for hydroxylation is 1. The Morgan fingerprint density at radius 1 is 1.23 bits per heavy atom. The number of hydrogen-bond acceptors (Lipinski definition) is 5. The summed E-state index contributed by atoms with van der Waals surface area (Å²) in [6.07, 6.45) is 5.28. The first-order valence-electron chi connectivity index (χ1n) is 10.5. The van der Waals surface area contributed by atoms with Crippen LogP contribution in [0.4, 0.5) is 5.82 Å². The first-order chi connectivity index (χ1) is 14.7. The van der Waals surface area contributed by atoms with Gasteiger partial charge in [0.1, 0.15) is 5.52 Å². The standard InChI is InChI=1S/C23H23N5O2/c1-13-22-27-21-16(6-3-7-18(21)25-13)19-10-17-20(26-19)14(11-24-23(17)29)4-2-5-15-12-30-9-8-28(15)22/h2-3,5-7,10,14-15,26H,4,8-9,11-12H2,1H3,(H,24,29)/b5-2+/t14-,15-/m0/s1. The Kier molecular flexibility index (Phi) is 3.92. The summed E-state index contributed by atoms with van der Waals surface area (Å²) in [5, 5.41) is 3.04. The largest absolute Gasteiger partial charge is 0.377 e. The summed E-state index contributed by atoms with van der Waals surface area (Å²) in [6, 6.07) is 8.12. The van der Waals surface area contributed by atoms with Crippen LogP contribution in [0.1, 0.15) is 34.1 Å². The van der Waals surface area contributed by atoms with Gasteiger partial charge in [-0.15, -0.1) is 0 Å². The van der Waals surface area contributed by atoms with Crippen LogP contribution in [0.2, 0.25) is 0 Å². The third-order valence-corrected chi connectivity index (χ3v) is 6.36. The van der Waals surface area contributed by atoms with Crippen LogP contribution >= 0.6 is 0 Å². The molecule has 0 saturated carbocycles. The highest BCUT2D eigenvalue weighted by Gasteiger charge is 2.30. The Balaban J connectivity index is 1.63. The molecule has 7 heteroatoms. The van der Waals surface area contributed by atoms with E-state index in [4.69, 9.17) is 14.7 Å². The zero-order valence-corrected chi connectivity index (χ0v) is 16.8. The molecule has 5 heterocycles. The van der Waals surface area contributed by atoms with Crippen LogP contribution in [-0.4, -0.2) is 53.2 Å². The fourth-order valence-corrected chi connectivity index (χ4v) is 4.83. The molecular weight excluding hydrogens is 378 g/mol. The third kappa shape index (κ3) is 2.65. The SMILES string of the molecule is Cc1nc2cccc3c2nc1N1CCOC[C@@H]1/C=C/C[C@H]1CNC(=O)c2cc-3[nH]c21. The molecule has 6 rings (SSSR count). The molecule has 0 spiro atoms. The van der Waals surface area contributed by atoms with Crippen LogP contribution in [0.25, 0.3) is 22.3 Å². The van der Waals surface area contributed by atoms with E-state index in [1.54, 1.807) is 0 Å². The predicted molar refractivity (Wildman–Crippen MR) is 115 cm³/mol. The number of morpholine rings is 1. The predicted octanol–water partition coefficient (Wildman–Crippen LogP) is 2.93. The number of para-hydroxylation sites is 1. The van der Waals surface area contributed by atoms with Gasteiger partial charge in [-0.2, -0.15) is 0 Å². The number of allylic oxidation sites excluding steroid dienone is 1. The lowest BCUT2D eigenvalue weighted by Gasteiger charge is -2.35. The zero-order valence-electron chi connectivity index (χ0n) is 16.8. The number of hydrogen-bond donors (Lipinski definition) is 2. The van der Waals surface area contributed by atoms with Gasteiger partial charge in [-0.25, -0.2) is 9.97 Å². The third-order valence-electron chi connectivity index (χ3n) is 6.36. The first-order valence-corrected chi connectivity index (χ1v) is 10.5. The maximum absolute atomic E-state index is 12.5. The van der Waals surface area contributed by atoms with E-state index < -0.39 is 0 Å². The lowest BCUT2D eigenvalue weighted by Crippen LogP contribution is -2.45. The summed E-state index contributed by atoms with van der Waals surface area (Å²) in [7, 11) is 0. The Morgan fingerprint density at radius 2 is 2.17 bits per heavy atom. The maximum Gasteiger partial charge on any atom is 0.253 e. The van der Waals surface area contributed by atoms with Crippen molar-refractivity contribution < 1.29 is 9.53 Å². The van der Waals surface area contributed by atoms with Crippen LogP contribution in [0.5, 0.6) is 0 Å². The molecule has 1 aromatic carbocycles. The normalized spacial score (nSPS) is 23.9. The summed E-state index contributed by atoms with van der Waals surface area (Å²) in [5.74, 6) is 1.10. The van der Waals surface area contributed by atoms with Gasteiger partial charge in [0.2, 0.25) is 0 Å². The number of rotatable bonds is 0. The van der Waals surface area contributed by atoms with Gasteiger partial charge in [-0.1, -0.05) is 24.3 Å². The van der Waals surface area contributed by atoms with Crippen molar-refractivity contribution in [3.8, 4) is 11.3 Å². The lowest BCUT2D eigenvalue weighted by atomic mass is 9.94. The molecule has 152 valence electrons. The molecule has 1 amide bonds. The van der Waals surface area contributed by atoms with Gasteiger partial charge in [-0.05, 0) is 25.5 Å². The Morgan fingerprint density at radius 3 is 3.10 bits per heavy atom. The molecule has 3 aliphatic rings. The molecule has 0 radical (unpaired) electrons. The van der Waals surface area contributed by atoms with E-state index in [-0.39, 0.29) is 17.9 Å². The summed E-state index contributed by atoms with van der Waals surface area (Å²) < 4.78 is 5.77. The second-order valence-electron chi connectivity index (χ2n) is 8.22. The summed E-state index contributed by atoms with van der Waals surface area (Å²) in [4.78, 5) is 28.3. The van der Waals surface area contributed by atoms with Crippen molar-refractivity contribution in [2.45, 2.75) is 25.3 Å². The second-order valence-corrected chi connectivity index (χ2v) is 8.22. The van der Waals surface area contributed by atoms with E-state index in [0.29, 0.717) is 19.8 Å². The Hall–Kier alpha value is -3.19. The Bertz CT molecular complexity index is 1200.